The second-order valence-corrected chi connectivity index (χ2v) is 5.42. The molecule has 0 atom stereocenters. The number of rotatable bonds is 4. The summed E-state index contributed by atoms with van der Waals surface area (Å²) >= 11 is 0. The number of benzene rings is 1. The van der Waals surface area contributed by atoms with Crippen LogP contribution in [0.15, 0.2) is 18.2 Å². The van der Waals surface area contributed by atoms with Gasteiger partial charge < -0.3 is 21.3 Å². The van der Waals surface area contributed by atoms with Gasteiger partial charge in [0.25, 0.3) is 5.91 Å². The molecule has 0 aromatic heterocycles. The first-order chi connectivity index (χ1) is 9.52. The molecule has 0 unspecified atom stereocenters. The van der Waals surface area contributed by atoms with Crippen LogP contribution in [0.25, 0.3) is 0 Å². The fraction of sp³-hybridized carbons (Fsp3) is 0.533. The van der Waals surface area contributed by atoms with E-state index in [1.165, 1.54) is 0 Å². The Balaban J connectivity index is 2.18. The zero-order valence-corrected chi connectivity index (χ0v) is 12.3. The molecule has 5 nitrogen and oxygen atoms in total. The third-order valence-electron chi connectivity index (χ3n) is 4.22. The van der Waals surface area contributed by atoms with Crippen LogP contribution in [0, 0.1) is 0 Å². The van der Waals surface area contributed by atoms with Crippen LogP contribution in [0.5, 0.6) is 0 Å². The molecule has 0 aliphatic carbocycles. The predicted molar refractivity (Wildman–Crippen MR) is 82.9 cm³/mol. The van der Waals surface area contributed by atoms with Gasteiger partial charge in [-0.15, -0.1) is 0 Å². The van der Waals surface area contributed by atoms with Crippen LogP contribution >= 0.6 is 0 Å². The van der Waals surface area contributed by atoms with Crippen molar-refractivity contribution >= 4 is 17.3 Å². The average molecular weight is 276 g/mol. The minimum absolute atomic E-state index is 0.405. The predicted octanol–water partition coefficient (Wildman–Crippen LogP) is 1.29. The maximum atomic E-state index is 11.6. The summed E-state index contributed by atoms with van der Waals surface area (Å²) in [6.45, 7) is 5.48. The van der Waals surface area contributed by atoms with Gasteiger partial charge in [-0.2, -0.15) is 0 Å². The molecule has 4 N–H and O–H groups in total. The fourth-order valence-electron chi connectivity index (χ4n) is 2.87. The van der Waals surface area contributed by atoms with E-state index in [0.29, 0.717) is 17.3 Å². The zero-order chi connectivity index (χ0) is 14.7. The van der Waals surface area contributed by atoms with E-state index in [4.69, 9.17) is 11.5 Å². The smallest absolute Gasteiger partial charge is 0.250 e. The Kier molecular flexibility index (Phi) is 4.49. The van der Waals surface area contributed by atoms with Crippen molar-refractivity contribution in [1.82, 2.24) is 4.90 Å². The fourth-order valence-corrected chi connectivity index (χ4v) is 2.87. The molecule has 1 heterocycles. The van der Waals surface area contributed by atoms with Gasteiger partial charge in [-0.1, -0.05) is 6.92 Å². The molecule has 0 radical (unpaired) electrons. The van der Waals surface area contributed by atoms with Crippen molar-refractivity contribution in [2.75, 3.05) is 37.3 Å². The van der Waals surface area contributed by atoms with Crippen LogP contribution < -0.4 is 16.4 Å². The highest BCUT2D eigenvalue weighted by Crippen LogP contribution is 2.27. The van der Waals surface area contributed by atoms with E-state index in [0.717, 1.165) is 38.2 Å². The van der Waals surface area contributed by atoms with E-state index < -0.39 is 5.91 Å². The summed E-state index contributed by atoms with van der Waals surface area (Å²) in [5.41, 5.74) is 13.3. The lowest BCUT2D eigenvalue weighted by atomic mass is 10.0. The monoisotopic (exact) mass is 276 g/mol. The first kappa shape index (κ1) is 14.7. The van der Waals surface area contributed by atoms with Gasteiger partial charge in [0.2, 0.25) is 0 Å². The van der Waals surface area contributed by atoms with Crippen LogP contribution in [0.1, 0.15) is 30.1 Å². The molecule has 20 heavy (non-hydrogen) atoms. The molecular weight excluding hydrogens is 252 g/mol. The Morgan fingerprint density at radius 1 is 1.40 bits per heavy atom. The maximum absolute atomic E-state index is 11.6. The summed E-state index contributed by atoms with van der Waals surface area (Å²) in [5.74, 6) is -0.405. The number of nitrogen functional groups attached to an aromatic ring is 1. The molecule has 110 valence electrons. The Hall–Kier alpha value is -1.75. The number of hydrogen-bond donors (Lipinski definition) is 2. The molecule has 0 saturated carbocycles. The number of nitrogens with zero attached hydrogens (tertiary/aromatic N) is 2. The van der Waals surface area contributed by atoms with Crippen molar-refractivity contribution in [2.45, 2.75) is 25.8 Å². The van der Waals surface area contributed by atoms with E-state index in [1.807, 2.05) is 13.1 Å². The van der Waals surface area contributed by atoms with E-state index in [2.05, 4.69) is 16.7 Å². The number of nitrogens with two attached hydrogens (primary N) is 2. The summed E-state index contributed by atoms with van der Waals surface area (Å²) in [4.78, 5) is 16.2. The molecule has 0 spiro atoms. The van der Waals surface area contributed by atoms with Crippen molar-refractivity contribution in [1.29, 1.82) is 0 Å². The number of carbonyl (C=O) groups excluding carboxylic acids is 1. The number of primary amides is 1. The van der Waals surface area contributed by atoms with Gasteiger partial charge >= 0.3 is 0 Å². The zero-order valence-electron chi connectivity index (χ0n) is 12.3. The normalized spacial score (nSPS) is 17.1. The van der Waals surface area contributed by atoms with Crippen LogP contribution in [-0.2, 0) is 0 Å². The quantitative estimate of drug-likeness (QED) is 0.813. The minimum Gasteiger partial charge on any atom is -0.399 e. The molecule has 1 aliphatic heterocycles. The first-order valence-corrected chi connectivity index (χ1v) is 7.17. The topological polar surface area (TPSA) is 75.6 Å². The van der Waals surface area contributed by atoms with Gasteiger partial charge in [0.15, 0.2) is 0 Å². The standard InChI is InChI=1S/C15H24N4O/c1-3-19-8-6-12(7-9-19)18(2)14-10-11(16)4-5-13(14)15(17)20/h4-5,10,12H,3,6-9,16H2,1-2H3,(H2,17,20). The third kappa shape index (κ3) is 3.04. The van der Waals surface area contributed by atoms with Crippen molar-refractivity contribution in [2.24, 2.45) is 5.73 Å². The van der Waals surface area contributed by atoms with Crippen molar-refractivity contribution in [3.05, 3.63) is 23.8 Å². The molecule has 0 bridgehead atoms. The number of likely N-dealkylation sites (tertiary alicyclic amines) is 1. The second kappa shape index (κ2) is 6.13. The van der Waals surface area contributed by atoms with Crippen LogP contribution in [0.2, 0.25) is 0 Å². The largest absolute Gasteiger partial charge is 0.399 e. The van der Waals surface area contributed by atoms with Crippen molar-refractivity contribution < 1.29 is 4.79 Å². The Bertz CT molecular complexity index is 481. The summed E-state index contributed by atoms with van der Waals surface area (Å²) in [6.07, 6.45) is 2.19. The molecule has 1 aromatic rings. The van der Waals surface area contributed by atoms with Gasteiger partial charge in [0.05, 0.1) is 11.3 Å². The molecule has 1 amide bonds. The summed E-state index contributed by atoms with van der Waals surface area (Å²) in [5, 5.41) is 0. The number of carbonyl (C=O) groups is 1. The molecule has 5 heteroatoms. The highest BCUT2D eigenvalue weighted by molar-refractivity contribution is 5.99. The summed E-state index contributed by atoms with van der Waals surface area (Å²) < 4.78 is 0. The van der Waals surface area contributed by atoms with Crippen molar-refractivity contribution in [3.63, 3.8) is 0 Å². The summed E-state index contributed by atoms with van der Waals surface area (Å²) in [7, 11) is 2.02. The van der Waals surface area contributed by atoms with Crippen LogP contribution in [0.3, 0.4) is 0 Å². The van der Waals surface area contributed by atoms with E-state index in [9.17, 15) is 4.79 Å². The third-order valence-corrected chi connectivity index (χ3v) is 4.22. The summed E-state index contributed by atoms with van der Waals surface area (Å²) in [6, 6.07) is 5.70. The number of piperidine rings is 1. The second-order valence-electron chi connectivity index (χ2n) is 5.42. The van der Waals surface area contributed by atoms with Crippen molar-refractivity contribution in [3.8, 4) is 0 Å². The number of hydrogen-bond acceptors (Lipinski definition) is 4. The Morgan fingerprint density at radius 3 is 2.60 bits per heavy atom. The van der Waals surface area contributed by atoms with Gasteiger partial charge in [-0.05, 0) is 37.6 Å². The number of amides is 1. The lowest BCUT2D eigenvalue weighted by molar-refractivity contribution is 0.100. The molecular formula is C15H24N4O. The first-order valence-electron chi connectivity index (χ1n) is 7.17. The molecule has 1 saturated heterocycles. The Morgan fingerprint density at radius 2 is 2.05 bits per heavy atom. The maximum Gasteiger partial charge on any atom is 0.250 e. The van der Waals surface area contributed by atoms with Crippen LogP contribution in [0.4, 0.5) is 11.4 Å². The van der Waals surface area contributed by atoms with Gasteiger partial charge in [-0.25, -0.2) is 0 Å². The van der Waals surface area contributed by atoms with E-state index >= 15 is 0 Å². The SMILES string of the molecule is CCN1CCC(N(C)c2cc(N)ccc2C(N)=O)CC1. The van der Waals surface area contributed by atoms with Gasteiger partial charge in [0.1, 0.15) is 0 Å². The lowest BCUT2D eigenvalue weighted by Crippen LogP contribution is -2.43. The molecule has 1 aliphatic rings. The average Bonchev–Trinajstić information content (AvgIpc) is 2.46. The molecule has 2 rings (SSSR count). The van der Waals surface area contributed by atoms with Crippen LogP contribution in [-0.4, -0.2) is 43.5 Å². The molecule has 1 fully saturated rings. The van der Waals surface area contributed by atoms with E-state index in [1.54, 1.807) is 12.1 Å². The van der Waals surface area contributed by atoms with Gasteiger partial charge in [0, 0.05) is 31.9 Å². The highest BCUT2D eigenvalue weighted by Gasteiger charge is 2.24. The van der Waals surface area contributed by atoms with Gasteiger partial charge in [-0.3, -0.25) is 4.79 Å². The van der Waals surface area contributed by atoms with E-state index in [-0.39, 0.29) is 0 Å². The molecule has 1 aromatic carbocycles. The highest BCUT2D eigenvalue weighted by atomic mass is 16.1. The minimum atomic E-state index is -0.405. The number of anilines is 2. The lowest BCUT2D eigenvalue weighted by Gasteiger charge is -2.38. The Labute approximate surface area is 120 Å².